The van der Waals surface area contributed by atoms with Crippen molar-refractivity contribution in [3.63, 3.8) is 0 Å². The zero-order chi connectivity index (χ0) is 9.03. The lowest BCUT2D eigenvalue weighted by atomic mass is 9.77. The van der Waals surface area contributed by atoms with Gasteiger partial charge in [0.1, 0.15) is 0 Å². The Labute approximate surface area is 74.1 Å². The third-order valence-corrected chi connectivity index (χ3v) is 2.43. The fourth-order valence-corrected chi connectivity index (χ4v) is 1.60. The van der Waals surface area contributed by atoms with Crippen LogP contribution in [0.3, 0.4) is 0 Å². The molecule has 1 aliphatic rings. The SMILES string of the molecule is CCCNCC1(O)CC(OC)C1. The molecule has 0 amide bonds. The van der Waals surface area contributed by atoms with E-state index in [-0.39, 0.29) is 6.10 Å². The number of hydrogen-bond donors (Lipinski definition) is 2. The van der Waals surface area contributed by atoms with Crippen molar-refractivity contribution < 1.29 is 9.84 Å². The van der Waals surface area contributed by atoms with Gasteiger partial charge in [-0.25, -0.2) is 0 Å². The second-order valence-corrected chi connectivity index (χ2v) is 3.67. The summed E-state index contributed by atoms with van der Waals surface area (Å²) in [6.07, 6.45) is 2.95. The third-order valence-electron chi connectivity index (χ3n) is 2.43. The van der Waals surface area contributed by atoms with E-state index in [0.717, 1.165) is 25.8 Å². The molecular weight excluding hydrogens is 154 g/mol. The van der Waals surface area contributed by atoms with Crippen molar-refractivity contribution in [2.75, 3.05) is 20.2 Å². The van der Waals surface area contributed by atoms with Crippen LogP contribution in [0.5, 0.6) is 0 Å². The van der Waals surface area contributed by atoms with Crippen LogP contribution in [0.4, 0.5) is 0 Å². The quantitative estimate of drug-likeness (QED) is 0.596. The molecule has 0 unspecified atom stereocenters. The van der Waals surface area contributed by atoms with Crippen molar-refractivity contribution in [2.24, 2.45) is 0 Å². The van der Waals surface area contributed by atoms with E-state index in [2.05, 4.69) is 12.2 Å². The van der Waals surface area contributed by atoms with Crippen LogP contribution in [0.1, 0.15) is 26.2 Å². The Morgan fingerprint density at radius 2 is 2.25 bits per heavy atom. The number of methoxy groups -OCH3 is 1. The number of nitrogens with one attached hydrogen (secondary N) is 1. The highest BCUT2D eigenvalue weighted by molar-refractivity contribution is 4.96. The summed E-state index contributed by atoms with van der Waals surface area (Å²) in [7, 11) is 1.70. The van der Waals surface area contributed by atoms with Gasteiger partial charge in [-0.15, -0.1) is 0 Å². The van der Waals surface area contributed by atoms with Gasteiger partial charge in [0.15, 0.2) is 0 Å². The van der Waals surface area contributed by atoms with E-state index in [1.54, 1.807) is 7.11 Å². The van der Waals surface area contributed by atoms with Crippen molar-refractivity contribution in [2.45, 2.75) is 37.9 Å². The van der Waals surface area contributed by atoms with Gasteiger partial charge in [0.2, 0.25) is 0 Å². The minimum absolute atomic E-state index is 0.276. The summed E-state index contributed by atoms with van der Waals surface area (Å²) >= 11 is 0. The van der Waals surface area contributed by atoms with Crippen LogP contribution in [-0.2, 0) is 4.74 Å². The summed E-state index contributed by atoms with van der Waals surface area (Å²) in [4.78, 5) is 0. The Morgan fingerprint density at radius 3 is 2.75 bits per heavy atom. The minimum Gasteiger partial charge on any atom is -0.388 e. The molecule has 0 bridgehead atoms. The Morgan fingerprint density at radius 1 is 1.58 bits per heavy atom. The largest absolute Gasteiger partial charge is 0.388 e. The normalized spacial score (nSPS) is 34.8. The van der Waals surface area contributed by atoms with E-state index in [1.165, 1.54) is 0 Å². The molecular formula is C9H19NO2. The molecule has 0 heterocycles. The maximum Gasteiger partial charge on any atom is 0.0820 e. The molecule has 72 valence electrons. The standard InChI is InChI=1S/C9H19NO2/c1-3-4-10-7-9(11)5-8(6-9)12-2/h8,10-11H,3-7H2,1-2H3. The van der Waals surface area contributed by atoms with Gasteiger partial charge in [0.25, 0.3) is 0 Å². The molecule has 0 atom stereocenters. The van der Waals surface area contributed by atoms with Crippen LogP contribution >= 0.6 is 0 Å². The number of ether oxygens (including phenoxy) is 1. The highest BCUT2D eigenvalue weighted by Gasteiger charge is 2.42. The first-order valence-electron chi connectivity index (χ1n) is 4.66. The molecule has 0 aromatic rings. The molecule has 12 heavy (non-hydrogen) atoms. The average molecular weight is 173 g/mol. The van der Waals surface area contributed by atoms with Crippen LogP contribution in [0.25, 0.3) is 0 Å². The van der Waals surface area contributed by atoms with Crippen molar-refractivity contribution in [1.82, 2.24) is 5.32 Å². The highest BCUT2D eigenvalue weighted by Crippen LogP contribution is 2.33. The van der Waals surface area contributed by atoms with Gasteiger partial charge in [0.05, 0.1) is 11.7 Å². The van der Waals surface area contributed by atoms with Gasteiger partial charge < -0.3 is 15.2 Å². The van der Waals surface area contributed by atoms with Gasteiger partial charge in [-0.3, -0.25) is 0 Å². The fraction of sp³-hybridized carbons (Fsp3) is 1.00. The molecule has 1 fully saturated rings. The molecule has 1 rings (SSSR count). The van der Waals surface area contributed by atoms with E-state index < -0.39 is 5.60 Å². The average Bonchev–Trinajstić information content (AvgIpc) is 2.00. The fourth-order valence-electron chi connectivity index (χ4n) is 1.60. The molecule has 2 N–H and O–H groups in total. The van der Waals surface area contributed by atoms with Crippen LogP contribution in [0, 0.1) is 0 Å². The minimum atomic E-state index is -0.490. The van der Waals surface area contributed by atoms with Crippen molar-refractivity contribution in [3.8, 4) is 0 Å². The third kappa shape index (κ3) is 2.44. The zero-order valence-electron chi connectivity index (χ0n) is 7.97. The van der Waals surface area contributed by atoms with Gasteiger partial charge in [0, 0.05) is 26.5 Å². The lowest BCUT2D eigenvalue weighted by molar-refractivity contribution is -0.124. The lowest BCUT2D eigenvalue weighted by Crippen LogP contribution is -2.54. The molecule has 1 aliphatic carbocycles. The summed E-state index contributed by atoms with van der Waals surface area (Å²) in [5, 5.41) is 13.0. The van der Waals surface area contributed by atoms with Gasteiger partial charge in [-0.2, -0.15) is 0 Å². The predicted molar refractivity (Wildman–Crippen MR) is 48.1 cm³/mol. The maximum absolute atomic E-state index is 9.80. The van der Waals surface area contributed by atoms with E-state index in [0.29, 0.717) is 6.54 Å². The number of aliphatic hydroxyl groups is 1. The van der Waals surface area contributed by atoms with Crippen molar-refractivity contribution in [3.05, 3.63) is 0 Å². The second kappa shape index (κ2) is 4.21. The van der Waals surface area contributed by atoms with Crippen LogP contribution in [0.15, 0.2) is 0 Å². The van der Waals surface area contributed by atoms with E-state index in [9.17, 15) is 5.11 Å². The van der Waals surface area contributed by atoms with Crippen LogP contribution in [0.2, 0.25) is 0 Å². The monoisotopic (exact) mass is 173 g/mol. The van der Waals surface area contributed by atoms with Crippen molar-refractivity contribution >= 4 is 0 Å². The van der Waals surface area contributed by atoms with Gasteiger partial charge in [-0.1, -0.05) is 6.92 Å². The summed E-state index contributed by atoms with van der Waals surface area (Å²) in [6.45, 7) is 3.82. The molecule has 3 nitrogen and oxygen atoms in total. The van der Waals surface area contributed by atoms with Crippen LogP contribution in [-0.4, -0.2) is 37.0 Å². The van der Waals surface area contributed by atoms with Crippen LogP contribution < -0.4 is 5.32 Å². The Balaban J connectivity index is 2.08. The Kier molecular flexibility index (Phi) is 3.50. The molecule has 0 saturated heterocycles. The number of rotatable bonds is 5. The summed E-state index contributed by atoms with van der Waals surface area (Å²) in [5.41, 5.74) is -0.490. The molecule has 0 aliphatic heterocycles. The highest BCUT2D eigenvalue weighted by atomic mass is 16.5. The van der Waals surface area contributed by atoms with Gasteiger partial charge >= 0.3 is 0 Å². The van der Waals surface area contributed by atoms with E-state index >= 15 is 0 Å². The summed E-state index contributed by atoms with van der Waals surface area (Å²) in [6, 6.07) is 0. The topological polar surface area (TPSA) is 41.5 Å². The maximum atomic E-state index is 9.80. The Hall–Kier alpha value is -0.120. The Bertz CT molecular complexity index is 132. The molecule has 3 heteroatoms. The summed E-state index contributed by atoms with van der Waals surface area (Å²) < 4.78 is 5.10. The van der Waals surface area contributed by atoms with E-state index in [4.69, 9.17) is 4.74 Å². The molecule has 0 radical (unpaired) electrons. The molecule has 0 aromatic carbocycles. The first-order valence-corrected chi connectivity index (χ1v) is 4.66. The molecule has 1 saturated carbocycles. The van der Waals surface area contributed by atoms with Gasteiger partial charge in [-0.05, 0) is 13.0 Å². The number of hydrogen-bond acceptors (Lipinski definition) is 3. The smallest absolute Gasteiger partial charge is 0.0820 e. The lowest BCUT2D eigenvalue weighted by Gasteiger charge is -2.42. The summed E-state index contributed by atoms with van der Waals surface area (Å²) in [5.74, 6) is 0. The first-order chi connectivity index (χ1) is 5.70. The molecule has 0 spiro atoms. The zero-order valence-corrected chi connectivity index (χ0v) is 7.97. The second-order valence-electron chi connectivity index (χ2n) is 3.67. The van der Waals surface area contributed by atoms with Crippen molar-refractivity contribution in [1.29, 1.82) is 0 Å². The molecule has 0 aromatic heterocycles. The first kappa shape index (κ1) is 9.96. The van der Waals surface area contributed by atoms with E-state index in [1.807, 2.05) is 0 Å². The predicted octanol–water partition coefficient (Wildman–Crippen LogP) is 0.526.